The molecule has 6 heteroatoms. The number of hydrogen-bond acceptors (Lipinski definition) is 5. The number of nitrogens with zero attached hydrogens (tertiary/aromatic N) is 1. The predicted octanol–water partition coefficient (Wildman–Crippen LogP) is 3.93. The van der Waals surface area contributed by atoms with E-state index in [-0.39, 0.29) is 51.3 Å². The monoisotopic (exact) mass is 522 g/mol. The number of ether oxygens (including phenoxy) is 3. The third kappa shape index (κ3) is 5.34. The second-order valence-electron chi connectivity index (χ2n) is 8.32. The summed E-state index contributed by atoms with van der Waals surface area (Å²) in [6, 6.07) is 26.4. The first-order chi connectivity index (χ1) is 15.6. The molecule has 2 unspecified atom stereocenters. The summed E-state index contributed by atoms with van der Waals surface area (Å²) < 4.78 is 17.9. The smallest absolute Gasteiger partial charge is 0.144 e. The zero-order valence-electron chi connectivity index (χ0n) is 19.5. The molecule has 1 N–H and O–H groups in total. The van der Waals surface area contributed by atoms with Crippen LogP contribution in [0.1, 0.15) is 16.7 Å². The Morgan fingerprint density at radius 2 is 1.27 bits per heavy atom. The van der Waals surface area contributed by atoms with Crippen LogP contribution < -0.4 is 9.47 Å². The SMILES string of the molecule is COc1ccc(C(OC2CN(C)CC2CO)(c2ccccc2)c2ccc(OC)cc2)cc1.[Y]. The van der Waals surface area contributed by atoms with Gasteiger partial charge in [0, 0.05) is 58.3 Å². The third-order valence-electron chi connectivity index (χ3n) is 6.30. The van der Waals surface area contributed by atoms with Crippen LogP contribution in [0.2, 0.25) is 0 Å². The molecule has 4 rings (SSSR count). The van der Waals surface area contributed by atoms with Gasteiger partial charge in [0.2, 0.25) is 0 Å². The van der Waals surface area contributed by atoms with Crippen LogP contribution in [0.3, 0.4) is 0 Å². The molecular formula is C27H31NO4Y. The van der Waals surface area contributed by atoms with Crippen molar-refractivity contribution in [1.82, 2.24) is 4.90 Å². The fourth-order valence-corrected chi connectivity index (χ4v) is 4.61. The van der Waals surface area contributed by atoms with Crippen molar-refractivity contribution in [3.8, 4) is 11.5 Å². The molecule has 1 saturated heterocycles. The van der Waals surface area contributed by atoms with Crippen LogP contribution in [-0.4, -0.2) is 57.1 Å². The molecule has 1 aliphatic heterocycles. The van der Waals surface area contributed by atoms with Crippen molar-refractivity contribution in [3.63, 3.8) is 0 Å². The van der Waals surface area contributed by atoms with Crippen molar-refractivity contribution in [2.75, 3.05) is 41.0 Å². The van der Waals surface area contributed by atoms with Crippen molar-refractivity contribution in [2.24, 2.45) is 5.92 Å². The van der Waals surface area contributed by atoms with Crippen LogP contribution in [0.25, 0.3) is 0 Å². The maximum absolute atomic E-state index is 10.1. The molecule has 3 aromatic carbocycles. The number of aliphatic hydroxyl groups is 1. The summed E-state index contributed by atoms with van der Waals surface area (Å²) >= 11 is 0. The van der Waals surface area contributed by atoms with E-state index in [2.05, 4.69) is 48.3 Å². The van der Waals surface area contributed by atoms with Gasteiger partial charge in [-0.25, -0.2) is 0 Å². The van der Waals surface area contributed by atoms with E-state index in [1.807, 2.05) is 42.5 Å². The fraction of sp³-hybridized carbons (Fsp3) is 0.333. The van der Waals surface area contributed by atoms with Gasteiger partial charge in [-0.3, -0.25) is 0 Å². The van der Waals surface area contributed by atoms with Crippen molar-refractivity contribution < 1.29 is 52.0 Å². The number of benzene rings is 3. The van der Waals surface area contributed by atoms with E-state index in [9.17, 15) is 5.11 Å². The third-order valence-corrected chi connectivity index (χ3v) is 6.30. The average molecular weight is 522 g/mol. The fourth-order valence-electron chi connectivity index (χ4n) is 4.61. The first-order valence-corrected chi connectivity index (χ1v) is 10.9. The zero-order chi connectivity index (χ0) is 22.6. The van der Waals surface area contributed by atoms with Crippen LogP contribution in [0.4, 0.5) is 0 Å². The minimum atomic E-state index is -0.858. The second kappa shape index (κ2) is 11.6. The molecule has 1 aliphatic rings. The van der Waals surface area contributed by atoms with Crippen molar-refractivity contribution in [2.45, 2.75) is 11.7 Å². The van der Waals surface area contributed by atoms with Gasteiger partial charge in [0.15, 0.2) is 0 Å². The minimum Gasteiger partial charge on any atom is -0.497 e. The first-order valence-electron chi connectivity index (χ1n) is 10.9. The Morgan fingerprint density at radius 1 is 0.788 bits per heavy atom. The molecule has 3 aromatic rings. The van der Waals surface area contributed by atoms with E-state index in [4.69, 9.17) is 14.2 Å². The molecule has 2 atom stereocenters. The summed E-state index contributed by atoms with van der Waals surface area (Å²) in [5.74, 6) is 1.62. The second-order valence-corrected chi connectivity index (χ2v) is 8.32. The van der Waals surface area contributed by atoms with Crippen molar-refractivity contribution in [1.29, 1.82) is 0 Å². The van der Waals surface area contributed by atoms with E-state index in [1.54, 1.807) is 14.2 Å². The molecule has 0 aliphatic carbocycles. The summed E-state index contributed by atoms with van der Waals surface area (Å²) in [5, 5.41) is 10.1. The van der Waals surface area contributed by atoms with E-state index in [0.717, 1.165) is 41.3 Å². The first kappa shape index (κ1) is 25.9. The Labute approximate surface area is 221 Å². The van der Waals surface area contributed by atoms with Crippen LogP contribution in [0, 0.1) is 5.92 Å². The summed E-state index contributed by atoms with van der Waals surface area (Å²) in [6.45, 7) is 1.65. The van der Waals surface area contributed by atoms with E-state index < -0.39 is 5.60 Å². The van der Waals surface area contributed by atoms with Crippen LogP contribution in [-0.2, 0) is 43.0 Å². The molecule has 0 saturated carbocycles. The molecule has 33 heavy (non-hydrogen) atoms. The summed E-state index contributed by atoms with van der Waals surface area (Å²) in [5.41, 5.74) is 2.17. The van der Waals surface area contributed by atoms with Crippen molar-refractivity contribution >= 4 is 0 Å². The quantitative estimate of drug-likeness (QED) is 0.455. The molecule has 0 spiro atoms. The molecule has 171 valence electrons. The van der Waals surface area contributed by atoms with E-state index in [0.29, 0.717) is 0 Å². The summed E-state index contributed by atoms with van der Waals surface area (Å²) in [7, 11) is 5.40. The standard InChI is InChI=1S/C27H31NO4.Y/c1-28-17-20(19-29)26(18-28)32-27(21-7-5-4-6-8-21,22-9-13-24(30-2)14-10-22)23-11-15-25(31-3)16-12-23;/h4-16,20,26,29H,17-19H2,1-3H3;. The minimum absolute atomic E-state index is 0. The van der Waals surface area contributed by atoms with Gasteiger partial charge in [-0.15, -0.1) is 0 Å². The molecule has 0 amide bonds. The van der Waals surface area contributed by atoms with Gasteiger partial charge in [0.1, 0.15) is 17.1 Å². The Balaban J connectivity index is 0.00000306. The Hall–Kier alpha value is -1.76. The van der Waals surface area contributed by atoms with Crippen molar-refractivity contribution in [3.05, 3.63) is 95.6 Å². The normalized spacial score (nSPS) is 18.5. The Bertz CT molecular complexity index is 947. The number of likely N-dealkylation sites (tertiary alicyclic amines) is 1. The number of likely N-dealkylation sites (N-methyl/N-ethyl adjacent to an activating group) is 1. The summed E-state index contributed by atoms with van der Waals surface area (Å²) in [6.07, 6.45) is -0.130. The van der Waals surface area contributed by atoms with Gasteiger partial charge in [-0.2, -0.15) is 0 Å². The Kier molecular flexibility index (Phi) is 9.08. The van der Waals surface area contributed by atoms with Gasteiger partial charge < -0.3 is 24.2 Å². The van der Waals surface area contributed by atoms with Gasteiger partial charge in [-0.1, -0.05) is 54.6 Å². The molecule has 1 heterocycles. The molecule has 1 fully saturated rings. The van der Waals surface area contributed by atoms with Crippen LogP contribution in [0.5, 0.6) is 11.5 Å². The van der Waals surface area contributed by atoms with E-state index in [1.165, 1.54) is 0 Å². The maximum atomic E-state index is 10.1. The topological polar surface area (TPSA) is 51.2 Å². The largest absolute Gasteiger partial charge is 0.497 e. The number of methoxy groups -OCH3 is 2. The van der Waals surface area contributed by atoms with Gasteiger partial charge in [0.25, 0.3) is 0 Å². The zero-order valence-corrected chi connectivity index (χ0v) is 22.3. The Morgan fingerprint density at radius 3 is 1.73 bits per heavy atom. The average Bonchev–Trinajstić information content (AvgIpc) is 3.22. The molecule has 0 aromatic heterocycles. The molecule has 1 radical (unpaired) electrons. The van der Waals surface area contributed by atoms with Gasteiger partial charge in [-0.05, 0) is 48.0 Å². The number of hydrogen-bond donors (Lipinski definition) is 1. The molecular weight excluding hydrogens is 491 g/mol. The van der Waals surface area contributed by atoms with Crippen LogP contribution in [0.15, 0.2) is 78.9 Å². The number of aliphatic hydroxyl groups excluding tert-OH is 1. The van der Waals surface area contributed by atoms with Crippen LogP contribution >= 0.6 is 0 Å². The number of rotatable bonds is 8. The van der Waals surface area contributed by atoms with Gasteiger partial charge in [0.05, 0.1) is 20.3 Å². The van der Waals surface area contributed by atoms with E-state index >= 15 is 0 Å². The molecule has 0 bridgehead atoms. The predicted molar refractivity (Wildman–Crippen MR) is 125 cm³/mol. The maximum Gasteiger partial charge on any atom is 0.144 e. The molecule has 5 nitrogen and oxygen atoms in total. The summed E-state index contributed by atoms with van der Waals surface area (Å²) in [4.78, 5) is 2.21. The van der Waals surface area contributed by atoms with Gasteiger partial charge >= 0.3 is 0 Å².